The highest BCUT2D eigenvalue weighted by Gasteiger charge is 2.25. The molecule has 0 aliphatic carbocycles. The van der Waals surface area contributed by atoms with Crippen molar-refractivity contribution in [3.05, 3.63) is 29.4 Å². The van der Waals surface area contributed by atoms with Crippen LogP contribution in [0.3, 0.4) is 0 Å². The number of nitrogens with zero attached hydrogens (tertiary/aromatic N) is 4. The van der Waals surface area contributed by atoms with Gasteiger partial charge in [-0.3, -0.25) is 4.79 Å². The van der Waals surface area contributed by atoms with Gasteiger partial charge in [-0.2, -0.15) is 0 Å². The van der Waals surface area contributed by atoms with Gasteiger partial charge in [0.2, 0.25) is 0 Å². The summed E-state index contributed by atoms with van der Waals surface area (Å²) in [6.07, 6.45) is 3.47. The highest BCUT2D eigenvalue weighted by atomic mass is 32.1. The molecule has 0 spiro atoms. The van der Waals surface area contributed by atoms with Crippen molar-refractivity contribution in [2.75, 3.05) is 25.5 Å². The second-order valence-corrected chi connectivity index (χ2v) is 5.69. The van der Waals surface area contributed by atoms with Crippen LogP contribution in [0.25, 0.3) is 0 Å². The highest BCUT2D eigenvalue weighted by Crippen LogP contribution is 2.19. The van der Waals surface area contributed by atoms with Gasteiger partial charge in [0.15, 0.2) is 5.69 Å². The molecule has 1 amide bonds. The van der Waals surface area contributed by atoms with Crippen molar-refractivity contribution in [3.8, 4) is 5.75 Å². The summed E-state index contributed by atoms with van der Waals surface area (Å²) in [5.74, 6) is 1.54. The Balaban J connectivity index is 1.54. The van der Waals surface area contributed by atoms with E-state index >= 15 is 0 Å². The molecule has 1 aliphatic heterocycles. The number of carbonyl (C=O) groups excluding carboxylic acids is 1. The van der Waals surface area contributed by atoms with Crippen molar-refractivity contribution >= 4 is 23.3 Å². The predicted octanol–water partition coefficient (Wildman–Crippen LogP) is 1.66. The Morgan fingerprint density at radius 3 is 2.95 bits per heavy atom. The van der Waals surface area contributed by atoms with Crippen molar-refractivity contribution < 1.29 is 9.53 Å². The van der Waals surface area contributed by atoms with E-state index in [-0.39, 0.29) is 5.91 Å². The van der Waals surface area contributed by atoms with E-state index in [1.165, 1.54) is 11.5 Å². The van der Waals surface area contributed by atoms with Gasteiger partial charge < -0.3 is 15.0 Å². The first-order valence-electron chi connectivity index (χ1n) is 7.09. The van der Waals surface area contributed by atoms with Crippen molar-refractivity contribution in [2.24, 2.45) is 0 Å². The van der Waals surface area contributed by atoms with Gasteiger partial charge in [-0.15, -0.1) is 5.10 Å². The van der Waals surface area contributed by atoms with Crippen LogP contribution in [0.1, 0.15) is 23.3 Å². The number of hydrogen-bond acceptors (Lipinski definition) is 7. The molecule has 3 heterocycles. The Morgan fingerprint density at radius 2 is 2.27 bits per heavy atom. The zero-order valence-electron chi connectivity index (χ0n) is 12.2. The number of anilines is 1. The first-order valence-corrected chi connectivity index (χ1v) is 7.93. The van der Waals surface area contributed by atoms with E-state index < -0.39 is 0 Å². The number of likely N-dealkylation sites (tertiary alicyclic amines) is 1. The summed E-state index contributed by atoms with van der Waals surface area (Å²) in [6.45, 7) is 1.41. The van der Waals surface area contributed by atoms with Crippen LogP contribution >= 0.6 is 11.5 Å². The third-order valence-corrected chi connectivity index (χ3v) is 4.19. The quantitative estimate of drug-likeness (QED) is 0.923. The fourth-order valence-corrected chi connectivity index (χ4v) is 2.90. The summed E-state index contributed by atoms with van der Waals surface area (Å²) in [4.78, 5) is 18.3. The summed E-state index contributed by atoms with van der Waals surface area (Å²) < 4.78 is 8.93. The number of rotatable bonds is 4. The van der Waals surface area contributed by atoms with Gasteiger partial charge in [-0.05, 0) is 30.4 Å². The van der Waals surface area contributed by atoms with Crippen molar-refractivity contribution in [1.29, 1.82) is 0 Å². The van der Waals surface area contributed by atoms with Gasteiger partial charge in [0.25, 0.3) is 5.91 Å². The van der Waals surface area contributed by atoms with Crippen LogP contribution in [0.15, 0.2) is 23.7 Å². The van der Waals surface area contributed by atoms with Crippen molar-refractivity contribution in [2.45, 2.75) is 18.9 Å². The van der Waals surface area contributed by atoms with Crippen LogP contribution in [0.5, 0.6) is 5.75 Å². The van der Waals surface area contributed by atoms with E-state index in [2.05, 4.69) is 19.9 Å². The van der Waals surface area contributed by atoms with Gasteiger partial charge in [0.05, 0.1) is 7.11 Å². The van der Waals surface area contributed by atoms with Crippen LogP contribution < -0.4 is 10.1 Å². The molecule has 0 unspecified atom stereocenters. The average molecular weight is 319 g/mol. The van der Waals surface area contributed by atoms with Gasteiger partial charge in [0.1, 0.15) is 11.6 Å². The Hall–Kier alpha value is -2.22. The zero-order chi connectivity index (χ0) is 15.4. The number of pyridine rings is 1. The first kappa shape index (κ1) is 14.7. The maximum atomic E-state index is 12.2. The normalized spacial score (nSPS) is 15.6. The molecule has 8 heteroatoms. The minimum absolute atomic E-state index is 0.0355. The molecule has 2 aromatic heterocycles. The summed E-state index contributed by atoms with van der Waals surface area (Å²) in [5, 5.41) is 8.92. The maximum Gasteiger partial charge on any atom is 0.275 e. The van der Waals surface area contributed by atoms with E-state index in [0.29, 0.717) is 24.8 Å². The molecular weight excluding hydrogens is 302 g/mol. The topological polar surface area (TPSA) is 80.2 Å². The molecule has 1 aliphatic rings. The van der Waals surface area contributed by atoms with E-state index in [0.717, 1.165) is 24.4 Å². The summed E-state index contributed by atoms with van der Waals surface area (Å²) in [6, 6.07) is 3.99. The largest absolute Gasteiger partial charge is 0.497 e. The minimum atomic E-state index is -0.0355. The van der Waals surface area contributed by atoms with Gasteiger partial charge in [0, 0.05) is 36.8 Å². The third kappa shape index (κ3) is 3.33. The summed E-state index contributed by atoms with van der Waals surface area (Å²) >= 11 is 1.20. The lowest BCUT2D eigenvalue weighted by Crippen LogP contribution is -2.42. The van der Waals surface area contributed by atoms with E-state index in [1.54, 1.807) is 18.7 Å². The molecule has 2 aromatic rings. The standard InChI is InChI=1S/C14H17N5O2S/c1-21-11-2-5-15-13(8-11)16-10-3-6-19(7-4-10)14(20)12-9-22-18-17-12/h2,5,8-10H,3-4,6-7H2,1H3,(H,15,16). The molecule has 1 N–H and O–H groups in total. The molecule has 1 fully saturated rings. The van der Waals surface area contributed by atoms with Crippen molar-refractivity contribution in [3.63, 3.8) is 0 Å². The van der Waals surface area contributed by atoms with E-state index in [1.807, 2.05) is 17.0 Å². The fraction of sp³-hybridized carbons (Fsp3) is 0.429. The van der Waals surface area contributed by atoms with E-state index in [4.69, 9.17) is 4.74 Å². The first-order chi connectivity index (χ1) is 10.8. The second kappa shape index (κ2) is 6.69. The number of piperidine rings is 1. The number of nitrogens with one attached hydrogen (secondary N) is 1. The maximum absolute atomic E-state index is 12.2. The molecule has 3 rings (SSSR count). The van der Waals surface area contributed by atoms with Crippen molar-refractivity contribution in [1.82, 2.24) is 19.5 Å². The Morgan fingerprint density at radius 1 is 1.45 bits per heavy atom. The third-order valence-electron chi connectivity index (χ3n) is 3.68. The summed E-state index contributed by atoms with van der Waals surface area (Å²) in [5.41, 5.74) is 0.436. The van der Waals surface area contributed by atoms with Crippen LogP contribution in [0.2, 0.25) is 0 Å². The van der Waals surface area contributed by atoms with E-state index in [9.17, 15) is 4.79 Å². The molecule has 0 saturated carbocycles. The SMILES string of the molecule is COc1ccnc(NC2CCN(C(=O)c3csnn3)CC2)c1. The Bertz CT molecular complexity index is 626. The number of aromatic nitrogens is 3. The molecule has 116 valence electrons. The fourth-order valence-electron chi connectivity index (χ4n) is 2.47. The van der Waals surface area contributed by atoms with Crippen LogP contribution in [-0.2, 0) is 0 Å². The van der Waals surface area contributed by atoms with Crippen LogP contribution in [0.4, 0.5) is 5.82 Å². The molecule has 0 aromatic carbocycles. The molecule has 22 heavy (non-hydrogen) atoms. The summed E-state index contributed by atoms with van der Waals surface area (Å²) in [7, 11) is 1.64. The number of methoxy groups -OCH3 is 1. The highest BCUT2D eigenvalue weighted by molar-refractivity contribution is 7.03. The van der Waals surface area contributed by atoms with Crippen LogP contribution in [-0.4, -0.2) is 51.6 Å². The number of amides is 1. The second-order valence-electron chi connectivity index (χ2n) is 5.08. The molecular formula is C14H17N5O2S. The lowest BCUT2D eigenvalue weighted by atomic mass is 10.0. The van der Waals surface area contributed by atoms with Gasteiger partial charge in [-0.25, -0.2) is 4.98 Å². The van der Waals surface area contributed by atoms with Gasteiger partial charge >= 0.3 is 0 Å². The minimum Gasteiger partial charge on any atom is -0.497 e. The zero-order valence-corrected chi connectivity index (χ0v) is 13.0. The molecule has 0 atom stereocenters. The predicted molar refractivity (Wildman–Crippen MR) is 83.2 cm³/mol. The Labute approximate surface area is 132 Å². The lowest BCUT2D eigenvalue weighted by molar-refractivity contribution is 0.0712. The number of hydrogen-bond donors (Lipinski definition) is 1. The molecule has 1 saturated heterocycles. The van der Waals surface area contributed by atoms with Crippen LogP contribution in [0, 0.1) is 0 Å². The Kier molecular flexibility index (Phi) is 4.47. The molecule has 0 radical (unpaired) electrons. The smallest absolute Gasteiger partial charge is 0.275 e. The number of ether oxygens (including phenoxy) is 1. The molecule has 0 bridgehead atoms. The lowest BCUT2D eigenvalue weighted by Gasteiger charge is -2.32. The monoisotopic (exact) mass is 319 g/mol. The number of carbonyl (C=O) groups is 1. The average Bonchev–Trinajstić information content (AvgIpc) is 3.09. The van der Waals surface area contributed by atoms with Gasteiger partial charge in [-0.1, -0.05) is 4.49 Å². The molecule has 7 nitrogen and oxygen atoms in total.